The maximum absolute atomic E-state index is 12.3. The molecule has 0 amide bonds. The van der Waals surface area contributed by atoms with Gasteiger partial charge in [0.05, 0.1) is 15.9 Å². The highest BCUT2D eigenvalue weighted by Gasteiger charge is 2.16. The van der Waals surface area contributed by atoms with Gasteiger partial charge in [0, 0.05) is 11.9 Å². The Kier molecular flexibility index (Phi) is 3.87. The number of imidazole rings is 1. The van der Waals surface area contributed by atoms with Crippen LogP contribution in [-0.2, 0) is 10.0 Å². The van der Waals surface area contributed by atoms with Crippen LogP contribution in [-0.4, -0.2) is 23.4 Å². The molecule has 0 aliphatic carbocycles. The molecule has 0 saturated heterocycles. The van der Waals surface area contributed by atoms with Gasteiger partial charge < -0.3 is 4.98 Å². The van der Waals surface area contributed by atoms with Crippen LogP contribution in [0.3, 0.4) is 0 Å². The Balaban J connectivity index is 2.03. The number of nitrogens with zero attached hydrogens (tertiary/aromatic N) is 2. The summed E-state index contributed by atoms with van der Waals surface area (Å²) in [6.45, 7) is 3.47. The van der Waals surface area contributed by atoms with Gasteiger partial charge in [0.2, 0.25) is 0 Å². The molecular weight excluding hydrogens is 312 g/mol. The summed E-state index contributed by atoms with van der Waals surface area (Å²) in [6, 6.07) is 10.3. The largest absolute Gasteiger partial charge is 0.337 e. The van der Waals surface area contributed by atoms with Crippen LogP contribution in [0.2, 0.25) is 0 Å². The zero-order valence-electron chi connectivity index (χ0n) is 12.7. The summed E-state index contributed by atoms with van der Waals surface area (Å²) in [5, 5.41) is 0. The number of sulfonamides is 1. The highest BCUT2D eigenvalue weighted by Crippen LogP contribution is 2.21. The number of aromatic amines is 1. The van der Waals surface area contributed by atoms with E-state index in [1.54, 1.807) is 38.3 Å². The Labute approximate surface area is 134 Å². The zero-order valence-corrected chi connectivity index (χ0v) is 13.6. The zero-order chi connectivity index (χ0) is 16.4. The number of H-pyrrole nitrogens is 1. The summed E-state index contributed by atoms with van der Waals surface area (Å²) in [5.41, 5.74) is 2.61. The van der Waals surface area contributed by atoms with E-state index >= 15 is 0 Å². The molecule has 23 heavy (non-hydrogen) atoms. The number of aromatic nitrogens is 3. The summed E-state index contributed by atoms with van der Waals surface area (Å²) >= 11 is 0. The highest BCUT2D eigenvalue weighted by molar-refractivity contribution is 7.89. The van der Waals surface area contributed by atoms with E-state index in [0.717, 1.165) is 0 Å². The molecule has 0 fully saturated rings. The molecule has 2 aromatic heterocycles. The summed E-state index contributed by atoms with van der Waals surface area (Å²) < 4.78 is 27.2. The van der Waals surface area contributed by atoms with Gasteiger partial charge in [-0.1, -0.05) is 12.1 Å². The lowest BCUT2D eigenvalue weighted by Gasteiger charge is -2.07. The Hall–Kier alpha value is -2.67. The lowest BCUT2D eigenvalue weighted by molar-refractivity contribution is 0.588. The van der Waals surface area contributed by atoms with E-state index < -0.39 is 10.0 Å². The number of hydrogen-bond donors (Lipinski definition) is 2. The van der Waals surface area contributed by atoms with Crippen molar-refractivity contribution in [3.63, 3.8) is 0 Å². The van der Waals surface area contributed by atoms with Crippen LogP contribution < -0.4 is 4.72 Å². The van der Waals surface area contributed by atoms with Crippen LogP contribution in [0.5, 0.6) is 0 Å². The van der Waals surface area contributed by atoms with E-state index in [1.165, 1.54) is 6.07 Å². The third-order valence-corrected chi connectivity index (χ3v) is 4.86. The van der Waals surface area contributed by atoms with Crippen molar-refractivity contribution in [2.75, 3.05) is 0 Å². The lowest BCUT2D eigenvalue weighted by Crippen LogP contribution is -2.21. The van der Waals surface area contributed by atoms with Crippen molar-refractivity contribution in [3.05, 3.63) is 54.4 Å². The van der Waals surface area contributed by atoms with E-state index in [-0.39, 0.29) is 4.90 Å². The first-order valence-corrected chi connectivity index (χ1v) is 8.55. The summed E-state index contributed by atoms with van der Waals surface area (Å²) in [7, 11) is -3.60. The number of hydrogen-bond acceptors (Lipinski definition) is 4. The Morgan fingerprint density at radius 2 is 2.09 bits per heavy atom. The number of fused-ring (bicyclic) bond motifs is 1. The topological polar surface area (TPSA) is 87.7 Å². The molecule has 7 heteroatoms. The number of allylic oxidation sites excluding steroid dienone is 2. The van der Waals surface area contributed by atoms with Crippen molar-refractivity contribution < 1.29 is 8.42 Å². The average Bonchev–Trinajstić information content (AvgIpc) is 2.98. The van der Waals surface area contributed by atoms with Crippen LogP contribution in [0.25, 0.3) is 22.6 Å². The minimum absolute atomic E-state index is 0.183. The first-order valence-electron chi connectivity index (χ1n) is 7.06. The number of pyridine rings is 1. The summed E-state index contributed by atoms with van der Waals surface area (Å²) in [4.78, 5) is 12.0. The smallest absolute Gasteiger partial charge is 0.261 e. The van der Waals surface area contributed by atoms with Gasteiger partial charge in [-0.25, -0.2) is 13.4 Å². The van der Waals surface area contributed by atoms with Crippen LogP contribution in [0.1, 0.15) is 13.8 Å². The highest BCUT2D eigenvalue weighted by atomic mass is 32.2. The molecule has 1 aromatic carbocycles. The van der Waals surface area contributed by atoms with Crippen LogP contribution in [0.15, 0.2) is 59.3 Å². The van der Waals surface area contributed by atoms with Gasteiger partial charge in [-0.3, -0.25) is 9.71 Å². The molecule has 0 bridgehead atoms. The van der Waals surface area contributed by atoms with Gasteiger partial charge in [0.25, 0.3) is 10.0 Å². The van der Waals surface area contributed by atoms with Gasteiger partial charge in [-0.05, 0) is 44.2 Å². The van der Waals surface area contributed by atoms with Crippen molar-refractivity contribution in [3.8, 4) is 11.5 Å². The Morgan fingerprint density at radius 1 is 1.26 bits per heavy atom. The predicted molar refractivity (Wildman–Crippen MR) is 89.1 cm³/mol. The van der Waals surface area contributed by atoms with E-state index in [4.69, 9.17) is 0 Å². The third kappa shape index (κ3) is 3.09. The number of rotatable bonds is 4. The number of benzene rings is 1. The maximum atomic E-state index is 12.3. The maximum Gasteiger partial charge on any atom is 0.261 e. The first kappa shape index (κ1) is 15.2. The minimum Gasteiger partial charge on any atom is -0.337 e. The van der Waals surface area contributed by atoms with Crippen molar-refractivity contribution in [2.45, 2.75) is 18.7 Å². The molecular formula is C16H16N4O2S. The van der Waals surface area contributed by atoms with Crippen LogP contribution >= 0.6 is 0 Å². The fourth-order valence-corrected chi connectivity index (χ4v) is 3.29. The van der Waals surface area contributed by atoms with Crippen molar-refractivity contribution in [2.24, 2.45) is 0 Å². The average molecular weight is 328 g/mol. The molecule has 2 heterocycles. The second-order valence-electron chi connectivity index (χ2n) is 5.06. The molecule has 2 N–H and O–H groups in total. The predicted octanol–water partition coefficient (Wildman–Crippen LogP) is 2.83. The van der Waals surface area contributed by atoms with Crippen molar-refractivity contribution in [1.29, 1.82) is 0 Å². The molecule has 3 rings (SSSR count). The van der Waals surface area contributed by atoms with Gasteiger partial charge in [0.15, 0.2) is 5.82 Å². The molecule has 0 saturated carbocycles. The molecule has 0 aliphatic heterocycles. The summed E-state index contributed by atoms with van der Waals surface area (Å²) in [5.74, 6) is 0.604. The van der Waals surface area contributed by atoms with Crippen molar-refractivity contribution in [1.82, 2.24) is 19.7 Å². The third-order valence-electron chi connectivity index (χ3n) is 3.40. The van der Waals surface area contributed by atoms with Gasteiger partial charge in [-0.2, -0.15) is 0 Å². The van der Waals surface area contributed by atoms with E-state index in [1.807, 2.05) is 18.2 Å². The molecule has 6 nitrogen and oxygen atoms in total. The lowest BCUT2D eigenvalue weighted by atomic mass is 10.3. The molecule has 0 radical (unpaired) electrons. The Bertz CT molecular complexity index is 976. The molecule has 0 spiro atoms. The molecule has 0 atom stereocenters. The quantitative estimate of drug-likeness (QED) is 0.771. The fraction of sp³-hybridized carbons (Fsp3) is 0.125. The van der Waals surface area contributed by atoms with E-state index in [2.05, 4.69) is 19.7 Å². The standard InChI is InChI=1S/C16H16N4O2S/c1-3-11(2)20-23(21,22)12-7-8-13-15(10-12)19-16(18-13)14-6-4-5-9-17-14/h3-10,20H,1-2H3,(H,18,19). The molecule has 118 valence electrons. The normalized spacial score (nSPS) is 12.5. The van der Waals surface area contributed by atoms with E-state index in [0.29, 0.717) is 28.2 Å². The van der Waals surface area contributed by atoms with Gasteiger partial charge in [-0.15, -0.1) is 0 Å². The minimum atomic E-state index is -3.60. The SMILES string of the molecule is CC=C(C)NS(=O)(=O)c1ccc2nc(-c3ccccn3)[nH]c2c1. The first-order chi connectivity index (χ1) is 11.0. The fourth-order valence-electron chi connectivity index (χ4n) is 2.11. The van der Waals surface area contributed by atoms with Gasteiger partial charge in [0.1, 0.15) is 5.69 Å². The summed E-state index contributed by atoms with van der Waals surface area (Å²) in [6.07, 6.45) is 3.38. The molecule has 0 unspecified atom stereocenters. The van der Waals surface area contributed by atoms with Gasteiger partial charge >= 0.3 is 0 Å². The van der Waals surface area contributed by atoms with Crippen LogP contribution in [0, 0.1) is 0 Å². The second-order valence-corrected chi connectivity index (χ2v) is 6.74. The van der Waals surface area contributed by atoms with E-state index in [9.17, 15) is 8.42 Å². The van der Waals surface area contributed by atoms with Crippen molar-refractivity contribution >= 4 is 21.1 Å². The molecule has 0 aliphatic rings. The number of nitrogens with one attached hydrogen (secondary N) is 2. The van der Waals surface area contributed by atoms with Crippen LogP contribution in [0.4, 0.5) is 0 Å². The monoisotopic (exact) mass is 328 g/mol. The Morgan fingerprint density at radius 3 is 2.78 bits per heavy atom. The second kappa shape index (κ2) is 5.85. The molecule has 3 aromatic rings.